The SMILES string of the molecule is CN(Cc1ccc(F)cc1F)C(=O)c1cc(Br)ccc1Br. The van der Waals surface area contributed by atoms with Crippen LogP contribution < -0.4 is 0 Å². The number of rotatable bonds is 3. The molecule has 0 aliphatic heterocycles. The van der Waals surface area contributed by atoms with Crippen molar-refractivity contribution in [1.82, 2.24) is 4.90 Å². The Bertz CT molecular complexity index is 691. The Hall–Kier alpha value is -1.27. The molecular weight excluding hydrogens is 408 g/mol. The van der Waals surface area contributed by atoms with Crippen molar-refractivity contribution in [3.63, 3.8) is 0 Å². The Labute approximate surface area is 138 Å². The van der Waals surface area contributed by atoms with E-state index in [9.17, 15) is 13.6 Å². The third kappa shape index (κ3) is 3.89. The van der Waals surface area contributed by atoms with Crippen molar-refractivity contribution in [3.8, 4) is 0 Å². The van der Waals surface area contributed by atoms with E-state index < -0.39 is 11.6 Å². The number of hydrogen-bond donors (Lipinski definition) is 0. The Kier molecular flexibility index (Phi) is 5.11. The average Bonchev–Trinajstić information content (AvgIpc) is 2.43. The summed E-state index contributed by atoms with van der Waals surface area (Å²) in [5, 5.41) is 0. The summed E-state index contributed by atoms with van der Waals surface area (Å²) in [5.74, 6) is -1.56. The predicted octanol–water partition coefficient (Wildman–Crippen LogP) is 4.76. The third-order valence-corrected chi connectivity index (χ3v) is 4.11. The van der Waals surface area contributed by atoms with Crippen LogP contribution in [0.15, 0.2) is 45.3 Å². The van der Waals surface area contributed by atoms with Gasteiger partial charge in [0.1, 0.15) is 11.6 Å². The van der Waals surface area contributed by atoms with Gasteiger partial charge >= 0.3 is 0 Å². The largest absolute Gasteiger partial charge is 0.337 e. The van der Waals surface area contributed by atoms with Crippen molar-refractivity contribution in [2.75, 3.05) is 7.05 Å². The summed E-state index contributed by atoms with van der Waals surface area (Å²) in [7, 11) is 1.57. The van der Waals surface area contributed by atoms with Gasteiger partial charge in [-0.2, -0.15) is 0 Å². The summed E-state index contributed by atoms with van der Waals surface area (Å²) >= 11 is 6.62. The lowest BCUT2D eigenvalue weighted by Crippen LogP contribution is -2.27. The lowest BCUT2D eigenvalue weighted by atomic mass is 10.1. The van der Waals surface area contributed by atoms with Crippen LogP contribution in [0.4, 0.5) is 8.78 Å². The van der Waals surface area contributed by atoms with Crippen molar-refractivity contribution in [3.05, 3.63) is 68.1 Å². The zero-order valence-corrected chi connectivity index (χ0v) is 14.2. The molecule has 21 heavy (non-hydrogen) atoms. The Morgan fingerprint density at radius 1 is 1.14 bits per heavy atom. The molecule has 0 radical (unpaired) electrons. The first-order valence-corrected chi connectivity index (χ1v) is 7.61. The minimum absolute atomic E-state index is 0.0594. The molecule has 1 amide bonds. The quantitative estimate of drug-likeness (QED) is 0.703. The van der Waals surface area contributed by atoms with Gasteiger partial charge in [0.05, 0.1) is 5.56 Å². The summed E-state index contributed by atoms with van der Waals surface area (Å²) in [6, 6.07) is 8.56. The molecule has 6 heteroatoms. The van der Waals surface area contributed by atoms with Gasteiger partial charge in [-0.25, -0.2) is 8.78 Å². The second kappa shape index (κ2) is 6.66. The second-order valence-corrected chi connectivity index (χ2v) is 6.29. The van der Waals surface area contributed by atoms with Crippen LogP contribution in [0.25, 0.3) is 0 Å². The highest BCUT2D eigenvalue weighted by atomic mass is 79.9. The lowest BCUT2D eigenvalue weighted by Gasteiger charge is -2.18. The van der Waals surface area contributed by atoms with Gasteiger partial charge in [0.15, 0.2) is 0 Å². The van der Waals surface area contributed by atoms with E-state index in [0.29, 0.717) is 10.0 Å². The maximum absolute atomic E-state index is 13.6. The summed E-state index contributed by atoms with van der Waals surface area (Å²) in [5.41, 5.74) is 0.729. The first-order valence-electron chi connectivity index (χ1n) is 6.03. The van der Waals surface area contributed by atoms with Gasteiger partial charge in [-0.15, -0.1) is 0 Å². The predicted molar refractivity (Wildman–Crippen MR) is 84.0 cm³/mol. The van der Waals surface area contributed by atoms with E-state index in [4.69, 9.17) is 0 Å². The second-order valence-electron chi connectivity index (χ2n) is 4.52. The molecule has 2 aromatic carbocycles. The number of hydrogen-bond acceptors (Lipinski definition) is 1. The van der Waals surface area contributed by atoms with Crippen LogP contribution >= 0.6 is 31.9 Å². The van der Waals surface area contributed by atoms with E-state index >= 15 is 0 Å². The Morgan fingerprint density at radius 3 is 2.52 bits per heavy atom. The van der Waals surface area contributed by atoms with Crippen LogP contribution in [0, 0.1) is 11.6 Å². The van der Waals surface area contributed by atoms with E-state index in [-0.39, 0.29) is 18.0 Å². The fraction of sp³-hybridized carbons (Fsp3) is 0.133. The van der Waals surface area contributed by atoms with Crippen molar-refractivity contribution >= 4 is 37.8 Å². The minimum atomic E-state index is -0.664. The van der Waals surface area contributed by atoms with Crippen LogP contribution in [-0.2, 0) is 6.54 Å². The van der Waals surface area contributed by atoms with Gasteiger partial charge < -0.3 is 4.90 Å². The standard InChI is InChI=1S/C15H11Br2F2NO/c1-20(8-9-2-4-11(18)7-14(9)19)15(21)12-6-10(16)3-5-13(12)17/h2-7H,8H2,1H3. The number of carbonyl (C=O) groups is 1. The number of amides is 1. The normalized spacial score (nSPS) is 10.5. The van der Waals surface area contributed by atoms with Crippen molar-refractivity contribution < 1.29 is 13.6 Å². The van der Waals surface area contributed by atoms with Crippen LogP contribution in [0.1, 0.15) is 15.9 Å². The Balaban J connectivity index is 2.21. The molecule has 0 aliphatic carbocycles. The highest BCUT2D eigenvalue weighted by molar-refractivity contribution is 9.11. The highest BCUT2D eigenvalue weighted by Gasteiger charge is 2.17. The smallest absolute Gasteiger partial charge is 0.255 e. The monoisotopic (exact) mass is 417 g/mol. The number of nitrogens with zero attached hydrogens (tertiary/aromatic N) is 1. The first kappa shape index (κ1) is 16.1. The molecule has 0 aliphatic rings. The van der Waals surface area contributed by atoms with Crippen LogP contribution in [0.2, 0.25) is 0 Å². The van der Waals surface area contributed by atoms with Gasteiger partial charge in [-0.1, -0.05) is 22.0 Å². The fourth-order valence-corrected chi connectivity index (χ4v) is 2.62. The first-order chi connectivity index (χ1) is 9.88. The molecule has 0 heterocycles. The van der Waals surface area contributed by atoms with E-state index in [1.165, 1.54) is 17.0 Å². The van der Waals surface area contributed by atoms with Gasteiger partial charge in [0.25, 0.3) is 5.91 Å². The number of halogens is 4. The molecule has 0 spiro atoms. The third-order valence-electron chi connectivity index (χ3n) is 2.93. The summed E-state index contributed by atoms with van der Waals surface area (Å²) < 4.78 is 27.9. The van der Waals surface area contributed by atoms with Gasteiger partial charge in [0.2, 0.25) is 0 Å². The molecule has 0 bridgehead atoms. The summed E-state index contributed by atoms with van der Waals surface area (Å²) in [4.78, 5) is 13.8. The fourth-order valence-electron chi connectivity index (χ4n) is 1.84. The van der Waals surface area contributed by atoms with Gasteiger partial charge in [-0.05, 0) is 40.2 Å². The van der Waals surface area contributed by atoms with Crippen LogP contribution in [0.3, 0.4) is 0 Å². The van der Waals surface area contributed by atoms with E-state index in [0.717, 1.165) is 10.5 Å². The number of carbonyl (C=O) groups excluding carboxylic acids is 1. The van der Waals surface area contributed by atoms with Crippen LogP contribution in [0.5, 0.6) is 0 Å². The molecule has 110 valence electrons. The maximum atomic E-state index is 13.6. The zero-order valence-electron chi connectivity index (χ0n) is 11.0. The number of benzene rings is 2. The molecule has 2 aromatic rings. The van der Waals surface area contributed by atoms with E-state index in [1.807, 2.05) is 0 Å². The zero-order chi connectivity index (χ0) is 15.6. The average molecular weight is 419 g/mol. The van der Waals surface area contributed by atoms with Crippen molar-refractivity contribution in [2.24, 2.45) is 0 Å². The molecule has 0 saturated carbocycles. The molecule has 0 saturated heterocycles. The maximum Gasteiger partial charge on any atom is 0.255 e. The van der Waals surface area contributed by atoms with E-state index in [1.54, 1.807) is 25.2 Å². The molecule has 0 fully saturated rings. The van der Waals surface area contributed by atoms with Crippen LogP contribution in [-0.4, -0.2) is 17.9 Å². The lowest BCUT2D eigenvalue weighted by molar-refractivity contribution is 0.0783. The highest BCUT2D eigenvalue weighted by Crippen LogP contribution is 2.23. The van der Waals surface area contributed by atoms with Gasteiger partial charge in [-0.3, -0.25) is 4.79 Å². The molecule has 0 aromatic heterocycles. The Morgan fingerprint density at radius 2 is 1.86 bits per heavy atom. The summed E-state index contributed by atoms with van der Waals surface area (Å²) in [6.07, 6.45) is 0. The molecule has 2 rings (SSSR count). The van der Waals surface area contributed by atoms with Crippen molar-refractivity contribution in [1.29, 1.82) is 0 Å². The molecule has 0 atom stereocenters. The molecule has 2 nitrogen and oxygen atoms in total. The molecule has 0 unspecified atom stereocenters. The minimum Gasteiger partial charge on any atom is -0.337 e. The molecule has 0 N–H and O–H groups in total. The molecular formula is C15H11Br2F2NO. The van der Waals surface area contributed by atoms with Crippen molar-refractivity contribution in [2.45, 2.75) is 6.54 Å². The topological polar surface area (TPSA) is 20.3 Å². The van der Waals surface area contributed by atoms with Gasteiger partial charge in [0, 0.05) is 34.2 Å². The van der Waals surface area contributed by atoms with E-state index in [2.05, 4.69) is 31.9 Å². The summed E-state index contributed by atoms with van der Waals surface area (Å²) in [6.45, 7) is 0.0594.